The van der Waals surface area contributed by atoms with Crippen LogP contribution in [0.25, 0.3) is 38.8 Å². The summed E-state index contributed by atoms with van der Waals surface area (Å²) in [6, 6.07) is 25.5. The van der Waals surface area contributed by atoms with Gasteiger partial charge in [-0.1, -0.05) is 73.9 Å². The van der Waals surface area contributed by atoms with Crippen molar-refractivity contribution in [2.24, 2.45) is 0 Å². The van der Waals surface area contributed by atoms with E-state index >= 15 is 0 Å². The predicted octanol–water partition coefficient (Wildman–Crippen LogP) is 5.28. The molecule has 2 nitrogen and oxygen atoms in total. The molecule has 0 bridgehead atoms. The van der Waals surface area contributed by atoms with E-state index in [2.05, 4.69) is 91.3 Å². The second-order valence-corrected chi connectivity index (χ2v) is 8.39. The second-order valence-electron chi connectivity index (χ2n) is 8.39. The van der Waals surface area contributed by atoms with Crippen LogP contribution in [0.15, 0.2) is 79.0 Å². The topological polar surface area (TPSA) is 17.8 Å². The van der Waals surface area contributed by atoms with Crippen molar-refractivity contribution in [3.8, 4) is 16.9 Å². The van der Waals surface area contributed by atoms with Gasteiger partial charge in [-0.3, -0.25) is 4.57 Å². The zero-order chi connectivity index (χ0) is 19.8. The van der Waals surface area contributed by atoms with E-state index in [1.54, 1.807) is 0 Å². The molecule has 0 saturated heterocycles. The molecule has 1 aliphatic rings. The molecule has 0 N–H and O–H groups in total. The summed E-state index contributed by atoms with van der Waals surface area (Å²) in [4.78, 5) is 4.93. The van der Waals surface area contributed by atoms with Crippen LogP contribution < -0.4 is 5.46 Å². The van der Waals surface area contributed by atoms with Gasteiger partial charge in [0.25, 0.3) is 0 Å². The molecule has 3 aromatic carbocycles. The van der Waals surface area contributed by atoms with Gasteiger partial charge in [-0.05, 0) is 40.5 Å². The van der Waals surface area contributed by atoms with Gasteiger partial charge in [0.05, 0.1) is 11.0 Å². The average Bonchev–Trinajstić information content (AvgIpc) is 3.18. The first-order chi connectivity index (χ1) is 14.1. The lowest BCUT2D eigenvalue weighted by Crippen LogP contribution is -2.15. The minimum Gasteiger partial charge on any atom is -0.294 e. The van der Waals surface area contributed by atoms with Crippen LogP contribution >= 0.6 is 0 Å². The minimum absolute atomic E-state index is 0.0350. The predicted molar refractivity (Wildman–Crippen MR) is 122 cm³/mol. The maximum absolute atomic E-state index is 6.09. The Morgan fingerprint density at radius 2 is 1.52 bits per heavy atom. The molecule has 2 radical (unpaired) electrons. The summed E-state index contributed by atoms with van der Waals surface area (Å²) in [5.41, 5.74) is 8.24. The highest BCUT2D eigenvalue weighted by atomic mass is 15.1. The third-order valence-electron chi connectivity index (χ3n) is 6.38. The average molecular weight is 370 g/mol. The van der Waals surface area contributed by atoms with E-state index in [-0.39, 0.29) is 5.41 Å². The number of hydrogen-bond donors (Lipinski definition) is 0. The summed E-state index contributed by atoms with van der Waals surface area (Å²) < 4.78 is 2.25. The summed E-state index contributed by atoms with van der Waals surface area (Å²) >= 11 is 0. The van der Waals surface area contributed by atoms with E-state index in [1.807, 2.05) is 6.07 Å². The van der Waals surface area contributed by atoms with Gasteiger partial charge in [-0.25, -0.2) is 4.98 Å². The molecule has 6 rings (SSSR count). The molecule has 5 aromatic rings. The Balaban J connectivity index is 1.69. The standard InChI is InChI=1S/C26H19BN2/c1-26(2)21-9-5-3-7-17(21)19-14-25(28-15-22(19)26)29-23-10-6-4-8-18(23)20-13-16(27)11-12-24(20)29/h3-15H,1-2H3. The maximum Gasteiger partial charge on any atom is 0.138 e. The Labute approximate surface area is 171 Å². The Morgan fingerprint density at radius 3 is 2.41 bits per heavy atom. The van der Waals surface area contributed by atoms with E-state index < -0.39 is 0 Å². The van der Waals surface area contributed by atoms with Crippen LogP contribution in [0.3, 0.4) is 0 Å². The van der Waals surface area contributed by atoms with E-state index in [1.165, 1.54) is 27.6 Å². The zero-order valence-corrected chi connectivity index (χ0v) is 16.5. The number of para-hydroxylation sites is 1. The molecule has 2 heterocycles. The summed E-state index contributed by atoms with van der Waals surface area (Å²) in [5.74, 6) is 0.937. The fourth-order valence-corrected chi connectivity index (χ4v) is 4.93. The van der Waals surface area contributed by atoms with E-state index in [0.29, 0.717) is 0 Å². The van der Waals surface area contributed by atoms with Crippen LogP contribution in [0.5, 0.6) is 0 Å². The first kappa shape index (κ1) is 16.6. The summed E-state index contributed by atoms with van der Waals surface area (Å²) in [5, 5.41) is 2.35. The fraction of sp³-hybridized carbons (Fsp3) is 0.115. The number of rotatable bonds is 1. The van der Waals surface area contributed by atoms with Gasteiger partial charge < -0.3 is 0 Å². The van der Waals surface area contributed by atoms with Gasteiger partial charge in [-0.2, -0.15) is 0 Å². The first-order valence-corrected chi connectivity index (χ1v) is 9.95. The van der Waals surface area contributed by atoms with Gasteiger partial charge in [0, 0.05) is 22.4 Å². The fourth-order valence-electron chi connectivity index (χ4n) is 4.93. The monoisotopic (exact) mass is 370 g/mol. The van der Waals surface area contributed by atoms with Crippen LogP contribution in [0.4, 0.5) is 0 Å². The normalized spacial score (nSPS) is 14.3. The maximum atomic E-state index is 6.09. The van der Waals surface area contributed by atoms with Gasteiger partial charge in [0.1, 0.15) is 13.7 Å². The largest absolute Gasteiger partial charge is 0.294 e. The van der Waals surface area contributed by atoms with Crippen LogP contribution in [0, 0.1) is 0 Å². The number of fused-ring (bicyclic) bond motifs is 6. The van der Waals surface area contributed by atoms with Crippen molar-refractivity contribution in [1.29, 1.82) is 0 Å². The van der Waals surface area contributed by atoms with Crippen molar-refractivity contribution in [3.05, 3.63) is 90.1 Å². The zero-order valence-electron chi connectivity index (χ0n) is 16.5. The molecule has 0 unspecified atom stereocenters. The molecule has 0 spiro atoms. The first-order valence-electron chi connectivity index (χ1n) is 9.95. The molecule has 0 amide bonds. The lowest BCUT2D eigenvalue weighted by atomic mass is 9.83. The lowest BCUT2D eigenvalue weighted by Gasteiger charge is -2.21. The second kappa shape index (κ2) is 5.60. The molecular weight excluding hydrogens is 351 g/mol. The van der Waals surface area contributed by atoms with Crippen LogP contribution in [0.1, 0.15) is 25.0 Å². The van der Waals surface area contributed by atoms with Crippen LogP contribution in [0.2, 0.25) is 0 Å². The number of benzene rings is 3. The minimum atomic E-state index is -0.0350. The quantitative estimate of drug-likeness (QED) is 0.367. The van der Waals surface area contributed by atoms with Crippen molar-refractivity contribution in [1.82, 2.24) is 9.55 Å². The number of nitrogens with zero attached hydrogens (tertiary/aromatic N) is 2. The van der Waals surface area contributed by atoms with Crippen molar-refractivity contribution in [2.75, 3.05) is 0 Å². The van der Waals surface area contributed by atoms with Crippen molar-refractivity contribution in [3.63, 3.8) is 0 Å². The molecule has 29 heavy (non-hydrogen) atoms. The molecule has 2 aromatic heterocycles. The smallest absolute Gasteiger partial charge is 0.138 e. The highest BCUT2D eigenvalue weighted by molar-refractivity contribution is 6.33. The molecule has 0 saturated carbocycles. The van der Waals surface area contributed by atoms with Gasteiger partial charge >= 0.3 is 0 Å². The number of hydrogen-bond acceptors (Lipinski definition) is 1. The molecule has 0 fully saturated rings. The summed E-state index contributed by atoms with van der Waals surface area (Å²) in [6.07, 6.45) is 2.06. The van der Waals surface area contributed by atoms with Gasteiger partial charge in [-0.15, -0.1) is 0 Å². The highest BCUT2D eigenvalue weighted by Crippen LogP contribution is 2.48. The Kier molecular flexibility index (Phi) is 3.21. The third-order valence-corrected chi connectivity index (χ3v) is 6.38. The van der Waals surface area contributed by atoms with Crippen LogP contribution in [-0.4, -0.2) is 17.4 Å². The molecule has 3 heteroatoms. The lowest BCUT2D eigenvalue weighted by molar-refractivity contribution is 0.657. The van der Waals surface area contributed by atoms with Crippen molar-refractivity contribution >= 4 is 35.1 Å². The van der Waals surface area contributed by atoms with E-state index in [9.17, 15) is 0 Å². The van der Waals surface area contributed by atoms with Crippen LogP contribution in [-0.2, 0) is 5.41 Å². The molecule has 0 atom stereocenters. The SMILES string of the molecule is [B]c1ccc2c(c1)c1ccccc1n2-c1cc2c(cn1)C(C)(C)c1ccccc1-2. The molecule has 1 aliphatic carbocycles. The number of pyridine rings is 1. The summed E-state index contributed by atoms with van der Waals surface area (Å²) in [7, 11) is 6.09. The van der Waals surface area contributed by atoms with Gasteiger partial charge in [0.2, 0.25) is 0 Å². The van der Waals surface area contributed by atoms with Gasteiger partial charge in [0.15, 0.2) is 0 Å². The number of aromatic nitrogens is 2. The van der Waals surface area contributed by atoms with Crippen molar-refractivity contribution in [2.45, 2.75) is 19.3 Å². The molecule has 0 aliphatic heterocycles. The Morgan fingerprint density at radius 1 is 0.759 bits per heavy atom. The molecule has 136 valence electrons. The van der Waals surface area contributed by atoms with E-state index in [0.717, 1.165) is 27.7 Å². The van der Waals surface area contributed by atoms with Crippen molar-refractivity contribution < 1.29 is 0 Å². The summed E-state index contributed by atoms with van der Waals surface area (Å²) in [6.45, 7) is 4.56. The Hall–Kier alpha value is -3.33. The highest BCUT2D eigenvalue weighted by Gasteiger charge is 2.35. The Bertz CT molecular complexity index is 1440. The third kappa shape index (κ3) is 2.16. The van der Waals surface area contributed by atoms with E-state index in [4.69, 9.17) is 12.8 Å². The molecular formula is C26H19BN2.